The van der Waals surface area contributed by atoms with Crippen LogP contribution >= 0.6 is 24.0 Å². The smallest absolute Gasteiger partial charge is 0.357 e. The SMILES string of the molecule is CCNC(=NCc1cccc(C(F)(F)F)c1)NC1CCN(C(=O)C2CCCCC2)C1.I. The quantitative estimate of drug-likeness (QED) is 0.320. The Morgan fingerprint density at radius 1 is 1.19 bits per heavy atom. The van der Waals surface area contributed by atoms with Crippen molar-refractivity contribution in [2.75, 3.05) is 19.6 Å². The van der Waals surface area contributed by atoms with Crippen molar-refractivity contribution in [3.05, 3.63) is 35.4 Å². The van der Waals surface area contributed by atoms with Crippen LogP contribution in [0.1, 0.15) is 56.6 Å². The zero-order chi connectivity index (χ0) is 21.6. The molecule has 0 aromatic heterocycles. The van der Waals surface area contributed by atoms with Crippen molar-refractivity contribution in [1.29, 1.82) is 0 Å². The maximum absolute atomic E-state index is 12.9. The maximum Gasteiger partial charge on any atom is 0.416 e. The van der Waals surface area contributed by atoms with Crippen molar-refractivity contribution < 1.29 is 18.0 Å². The number of rotatable bonds is 5. The average Bonchev–Trinajstić information content (AvgIpc) is 3.20. The van der Waals surface area contributed by atoms with Gasteiger partial charge >= 0.3 is 6.18 Å². The Hall–Kier alpha value is -1.52. The summed E-state index contributed by atoms with van der Waals surface area (Å²) < 4.78 is 38.7. The zero-order valence-electron chi connectivity index (χ0n) is 17.9. The Bertz CT molecular complexity index is 751. The molecule has 3 rings (SSSR count). The number of likely N-dealkylation sites (tertiary alicyclic amines) is 1. The molecular weight excluding hydrogens is 520 g/mol. The third kappa shape index (κ3) is 7.54. The van der Waals surface area contributed by atoms with Crippen molar-refractivity contribution in [3.8, 4) is 0 Å². The van der Waals surface area contributed by atoms with Gasteiger partial charge in [-0.05, 0) is 43.9 Å². The fraction of sp³-hybridized carbons (Fsp3) is 0.636. The lowest BCUT2D eigenvalue weighted by atomic mass is 9.88. The van der Waals surface area contributed by atoms with E-state index in [0.29, 0.717) is 24.6 Å². The van der Waals surface area contributed by atoms with Crippen molar-refractivity contribution >= 4 is 35.8 Å². The lowest BCUT2D eigenvalue weighted by Gasteiger charge is -2.26. The highest BCUT2D eigenvalue weighted by Gasteiger charge is 2.32. The second-order valence-corrected chi connectivity index (χ2v) is 8.14. The summed E-state index contributed by atoms with van der Waals surface area (Å²) in [5.74, 6) is 0.997. The summed E-state index contributed by atoms with van der Waals surface area (Å²) in [4.78, 5) is 19.1. The molecule has 2 N–H and O–H groups in total. The van der Waals surface area contributed by atoms with E-state index >= 15 is 0 Å². The molecule has 2 fully saturated rings. The van der Waals surface area contributed by atoms with Crippen LogP contribution < -0.4 is 10.6 Å². The Kier molecular flexibility index (Phi) is 9.90. The first-order valence-electron chi connectivity index (χ1n) is 10.9. The lowest BCUT2D eigenvalue weighted by Crippen LogP contribution is -2.45. The number of hydrogen-bond acceptors (Lipinski definition) is 2. The summed E-state index contributed by atoms with van der Waals surface area (Å²) in [6.07, 6.45) is 1.97. The molecule has 5 nitrogen and oxygen atoms in total. The molecule has 2 aliphatic rings. The van der Waals surface area contributed by atoms with Crippen LogP contribution in [-0.4, -0.2) is 42.4 Å². The summed E-state index contributed by atoms with van der Waals surface area (Å²) >= 11 is 0. The molecule has 1 saturated carbocycles. The molecule has 1 unspecified atom stereocenters. The number of aliphatic imine (C=N–C) groups is 1. The van der Waals surface area contributed by atoms with Crippen LogP contribution in [-0.2, 0) is 17.5 Å². The molecule has 31 heavy (non-hydrogen) atoms. The highest BCUT2D eigenvalue weighted by molar-refractivity contribution is 14.0. The summed E-state index contributed by atoms with van der Waals surface area (Å²) in [6.45, 7) is 4.11. The standard InChI is InChI=1S/C22H31F3N4O.HI/c1-2-26-21(27-14-16-7-6-10-18(13-16)22(23,24)25)28-19-11-12-29(15-19)20(30)17-8-4-3-5-9-17;/h6-7,10,13,17,19H,2-5,8-9,11-12,14-15H2,1H3,(H2,26,27,28);1H. The van der Waals surface area contributed by atoms with Crippen LogP contribution in [0.15, 0.2) is 29.3 Å². The van der Waals surface area contributed by atoms with E-state index in [9.17, 15) is 18.0 Å². The monoisotopic (exact) mass is 552 g/mol. The molecule has 9 heteroatoms. The molecule has 0 radical (unpaired) electrons. The Balaban J connectivity index is 0.00000341. The highest BCUT2D eigenvalue weighted by Crippen LogP contribution is 2.30. The van der Waals surface area contributed by atoms with E-state index in [1.165, 1.54) is 12.5 Å². The van der Waals surface area contributed by atoms with Crippen LogP contribution in [0.3, 0.4) is 0 Å². The van der Waals surface area contributed by atoms with Gasteiger partial charge in [0, 0.05) is 31.6 Å². The third-order valence-electron chi connectivity index (χ3n) is 5.81. The summed E-state index contributed by atoms with van der Waals surface area (Å²) in [5.41, 5.74) is -0.164. The van der Waals surface area contributed by atoms with Crippen molar-refractivity contribution in [2.24, 2.45) is 10.9 Å². The van der Waals surface area contributed by atoms with Gasteiger partial charge in [-0.25, -0.2) is 4.99 Å². The molecule has 1 heterocycles. The normalized spacial score (nSPS) is 20.3. The van der Waals surface area contributed by atoms with E-state index in [0.717, 1.165) is 50.8 Å². The summed E-state index contributed by atoms with van der Waals surface area (Å²) in [5, 5.41) is 6.49. The van der Waals surface area contributed by atoms with E-state index in [1.807, 2.05) is 11.8 Å². The Labute approximate surface area is 199 Å². The maximum atomic E-state index is 12.9. The first-order valence-corrected chi connectivity index (χ1v) is 10.9. The molecule has 1 aliphatic heterocycles. The first kappa shape index (κ1) is 25.7. The minimum atomic E-state index is -4.36. The van der Waals surface area contributed by atoms with Gasteiger partial charge in [0.15, 0.2) is 5.96 Å². The van der Waals surface area contributed by atoms with Gasteiger partial charge in [-0.1, -0.05) is 31.4 Å². The van der Waals surface area contributed by atoms with Gasteiger partial charge in [0.1, 0.15) is 0 Å². The number of nitrogens with one attached hydrogen (secondary N) is 2. The summed E-state index contributed by atoms with van der Waals surface area (Å²) in [7, 11) is 0. The van der Waals surface area contributed by atoms with Crippen LogP contribution in [0.2, 0.25) is 0 Å². The van der Waals surface area contributed by atoms with Gasteiger partial charge in [-0.3, -0.25) is 4.79 Å². The number of alkyl halides is 3. The number of carbonyl (C=O) groups excluding carboxylic acids is 1. The Morgan fingerprint density at radius 3 is 2.61 bits per heavy atom. The molecule has 0 spiro atoms. The second-order valence-electron chi connectivity index (χ2n) is 8.14. The minimum absolute atomic E-state index is 0. The number of guanidine groups is 1. The number of halogens is 4. The van der Waals surface area contributed by atoms with Crippen LogP contribution in [0.5, 0.6) is 0 Å². The van der Waals surface area contributed by atoms with E-state index in [1.54, 1.807) is 6.07 Å². The van der Waals surface area contributed by atoms with E-state index in [2.05, 4.69) is 15.6 Å². The third-order valence-corrected chi connectivity index (χ3v) is 5.81. The largest absolute Gasteiger partial charge is 0.416 e. The Morgan fingerprint density at radius 2 is 1.94 bits per heavy atom. The van der Waals surface area contributed by atoms with Gasteiger partial charge < -0.3 is 15.5 Å². The lowest BCUT2D eigenvalue weighted by molar-refractivity contribution is -0.137. The van der Waals surface area contributed by atoms with E-state index in [-0.39, 0.29) is 48.4 Å². The van der Waals surface area contributed by atoms with Gasteiger partial charge in [-0.15, -0.1) is 24.0 Å². The molecule has 1 aromatic rings. The van der Waals surface area contributed by atoms with Crippen LogP contribution in [0.4, 0.5) is 13.2 Å². The predicted molar refractivity (Wildman–Crippen MR) is 126 cm³/mol. The molecule has 1 amide bonds. The number of hydrogen-bond donors (Lipinski definition) is 2. The first-order chi connectivity index (χ1) is 14.4. The minimum Gasteiger partial charge on any atom is -0.357 e. The van der Waals surface area contributed by atoms with Crippen molar-refractivity contribution in [2.45, 2.75) is 64.2 Å². The second kappa shape index (κ2) is 11.9. The van der Waals surface area contributed by atoms with Gasteiger partial charge in [0.05, 0.1) is 12.1 Å². The summed E-state index contributed by atoms with van der Waals surface area (Å²) in [6, 6.07) is 5.33. The molecular formula is C22H32F3IN4O. The van der Waals surface area contributed by atoms with Gasteiger partial charge in [0.2, 0.25) is 5.91 Å². The number of carbonyl (C=O) groups is 1. The van der Waals surface area contributed by atoms with E-state index in [4.69, 9.17) is 0 Å². The molecule has 1 aromatic carbocycles. The van der Waals surface area contributed by atoms with E-state index < -0.39 is 11.7 Å². The number of amides is 1. The molecule has 0 bridgehead atoms. The number of nitrogens with zero attached hydrogens (tertiary/aromatic N) is 2. The fourth-order valence-electron chi connectivity index (χ4n) is 4.22. The topological polar surface area (TPSA) is 56.7 Å². The van der Waals surface area contributed by atoms with Crippen LogP contribution in [0.25, 0.3) is 0 Å². The molecule has 1 atom stereocenters. The van der Waals surface area contributed by atoms with Crippen molar-refractivity contribution in [3.63, 3.8) is 0 Å². The molecule has 1 aliphatic carbocycles. The van der Waals surface area contributed by atoms with Gasteiger partial charge in [-0.2, -0.15) is 13.2 Å². The average molecular weight is 552 g/mol. The molecule has 1 saturated heterocycles. The highest BCUT2D eigenvalue weighted by atomic mass is 127. The predicted octanol–water partition coefficient (Wildman–Crippen LogP) is 4.56. The zero-order valence-corrected chi connectivity index (χ0v) is 20.2. The van der Waals surface area contributed by atoms with Crippen molar-refractivity contribution in [1.82, 2.24) is 15.5 Å². The number of benzene rings is 1. The molecule has 174 valence electrons. The van der Waals surface area contributed by atoms with Gasteiger partial charge in [0.25, 0.3) is 0 Å². The van der Waals surface area contributed by atoms with Crippen LogP contribution in [0, 0.1) is 5.92 Å². The fourth-order valence-corrected chi connectivity index (χ4v) is 4.22.